The Morgan fingerprint density at radius 1 is 1.21 bits per heavy atom. The van der Waals surface area contributed by atoms with Gasteiger partial charge in [-0.1, -0.05) is 6.08 Å². The highest BCUT2D eigenvalue weighted by atomic mass is 32.1. The molecule has 0 unspecified atom stereocenters. The number of nitrogens with zero attached hydrogens (tertiary/aromatic N) is 4. The van der Waals surface area contributed by atoms with Gasteiger partial charge in [-0.3, -0.25) is 9.59 Å². The van der Waals surface area contributed by atoms with Crippen molar-refractivity contribution in [1.82, 2.24) is 30.4 Å². The quantitative estimate of drug-likeness (QED) is 0.223. The smallest absolute Gasteiger partial charge is 0.330 e. The van der Waals surface area contributed by atoms with E-state index in [0.717, 1.165) is 5.13 Å². The van der Waals surface area contributed by atoms with Crippen LogP contribution in [0.5, 0.6) is 11.5 Å². The number of likely N-dealkylation sites (N-methyl/N-ethyl adjacent to an activating group) is 1. The van der Waals surface area contributed by atoms with E-state index in [1.165, 1.54) is 27.2 Å². The topological polar surface area (TPSA) is 175 Å². The number of ether oxygens (including phenoxy) is 2. The summed E-state index contributed by atoms with van der Waals surface area (Å²) in [5, 5.41) is 21.9. The number of benzene rings is 1. The number of nitrogens with one attached hydrogen (secondary N) is 3. The molecule has 0 bridgehead atoms. The van der Waals surface area contributed by atoms with Crippen LogP contribution in [-0.4, -0.2) is 106 Å². The number of likely N-dealkylation sites (tertiary alicyclic amines) is 1. The normalized spacial score (nSPS) is 25.1. The van der Waals surface area contributed by atoms with Crippen LogP contribution in [0, 0.1) is 5.92 Å². The number of methoxy groups -OCH3 is 1. The van der Waals surface area contributed by atoms with Crippen molar-refractivity contribution in [3.8, 4) is 22.9 Å². The number of carbonyl (C=O) groups is 4. The summed E-state index contributed by atoms with van der Waals surface area (Å²) in [5.74, 6) is -1.56. The van der Waals surface area contributed by atoms with Crippen LogP contribution in [0.25, 0.3) is 22.3 Å². The van der Waals surface area contributed by atoms with E-state index in [-0.39, 0.29) is 32.0 Å². The van der Waals surface area contributed by atoms with Crippen molar-refractivity contribution in [2.75, 3.05) is 32.6 Å². The van der Waals surface area contributed by atoms with Crippen molar-refractivity contribution in [2.45, 2.75) is 56.5 Å². The zero-order valence-corrected chi connectivity index (χ0v) is 27.3. The number of amides is 4. The maximum Gasteiger partial charge on any atom is 0.330 e. The van der Waals surface area contributed by atoms with E-state index in [2.05, 4.69) is 22.5 Å². The number of carboxylic acids is 1. The van der Waals surface area contributed by atoms with Gasteiger partial charge in [0, 0.05) is 48.3 Å². The van der Waals surface area contributed by atoms with E-state index in [9.17, 15) is 24.3 Å². The molecule has 1 aliphatic carbocycles. The molecule has 3 fully saturated rings. The van der Waals surface area contributed by atoms with Crippen molar-refractivity contribution in [2.24, 2.45) is 5.92 Å². The molecule has 5 atom stereocenters. The molecule has 3 aliphatic rings. The molecule has 2 aromatic heterocycles. The molecule has 6 rings (SSSR count). The second-order valence-electron chi connectivity index (χ2n) is 12.4. The molecule has 47 heavy (non-hydrogen) atoms. The molecule has 2 saturated heterocycles. The SMILES string of the molecule is C=C[C@@H]1C[C@]1(NC(=O)[C@@H]1C[C@@H](Oc2cc(-c3csc(NC(C)C)n3)nc3cc(OC)ccc23)CN1C(=O)[C@@H]1CN(C)C(=O)N1)C(=O)O. The minimum absolute atomic E-state index is 0.0342. The highest BCUT2D eigenvalue weighted by Gasteiger charge is 2.61. The van der Waals surface area contributed by atoms with Crippen LogP contribution in [0.2, 0.25) is 0 Å². The Morgan fingerprint density at radius 2 is 2.00 bits per heavy atom. The zero-order valence-electron chi connectivity index (χ0n) is 26.5. The van der Waals surface area contributed by atoms with Crippen molar-refractivity contribution >= 4 is 51.2 Å². The lowest BCUT2D eigenvalue weighted by Gasteiger charge is -2.27. The molecular formula is C32H37N7O7S. The van der Waals surface area contributed by atoms with Crippen molar-refractivity contribution in [1.29, 1.82) is 0 Å². The highest BCUT2D eigenvalue weighted by molar-refractivity contribution is 7.14. The first kappa shape index (κ1) is 32.0. The molecule has 0 spiro atoms. The number of urea groups is 1. The first-order chi connectivity index (χ1) is 22.4. The predicted octanol–water partition coefficient (Wildman–Crippen LogP) is 2.70. The monoisotopic (exact) mass is 663 g/mol. The van der Waals surface area contributed by atoms with Crippen LogP contribution in [0.3, 0.4) is 0 Å². The summed E-state index contributed by atoms with van der Waals surface area (Å²) in [7, 11) is 3.15. The Morgan fingerprint density at radius 3 is 2.64 bits per heavy atom. The summed E-state index contributed by atoms with van der Waals surface area (Å²) in [6, 6.07) is 5.11. The van der Waals surface area contributed by atoms with E-state index in [0.29, 0.717) is 33.8 Å². The van der Waals surface area contributed by atoms with Crippen LogP contribution in [0.1, 0.15) is 26.7 Å². The molecule has 4 heterocycles. The minimum atomic E-state index is -1.47. The summed E-state index contributed by atoms with van der Waals surface area (Å²) < 4.78 is 12.0. The number of carboxylic acid groups (broad SMARTS) is 1. The highest BCUT2D eigenvalue weighted by Crippen LogP contribution is 2.45. The van der Waals surface area contributed by atoms with Crippen molar-refractivity contribution < 1.29 is 33.8 Å². The molecule has 14 nitrogen and oxygen atoms in total. The molecule has 1 aromatic carbocycles. The lowest BCUT2D eigenvalue weighted by Crippen LogP contribution is -2.55. The van der Waals surface area contributed by atoms with Gasteiger partial charge in [0.1, 0.15) is 40.9 Å². The van der Waals surface area contributed by atoms with Crippen molar-refractivity contribution in [3.63, 3.8) is 0 Å². The Hall–Kier alpha value is -4.92. The predicted molar refractivity (Wildman–Crippen MR) is 174 cm³/mol. The molecule has 4 amide bonds. The Kier molecular flexibility index (Phi) is 8.42. The van der Waals surface area contributed by atoms with E-state index < -0.39 is 53.5 Å². The van der Waals surface area contributed by atoms with E-state index in [1.54, 1.807) is 32.4 Å². The van der Waals surface area contributed by atoms with E-state index in [1.807, 2.05) is 25.3 Å². The summed E-state index contributed by atoms with van der Waals surface area (Å²) in [5.41, 5.74) is 0.348. The number of rotatable bonds is 11. The number of hydrogen-bond donors (Lipinski definition) is 4. The third-order valence-electron chi connectivity index (χ3n) is 8.73. The lowest BCUT2D eigenvalue weighted by atomic mass is 10.1. The Balaban J connectivity index is 1.32. The van der Waals surface area contributed by atoms with Gasteiger partial charge in [0.25, 0.3) is 0 Å². The number of pyridine rings is 1. The molecule has 0 radical (unpaired) electrons. The van der Waals surface area contributed by atoms with E-state index in [4.69, 9.17) is 19.4 Å². The molecule has 1 saturated carbocycles. The fraction of sp³-hybridized carbons (Fsp3) is 0.438. The lowest BCUT2D eigenvalue weighted by molar-refractivity contribution is -0.145. The average molecular weight is 664 g/mol. The van der Waals surface area contributed by atoms with Gasteiger partial charge in [-0.05, 0) is 32.4 Å². The Labute approximate surface area is 275 Å². The van der Waals surface area contributed by atoms with Gasteiger partial charge in [-0.25, -0.2) is 19.6 Å². The van der Waals surface area contributed by atoms with Gasteiger partial charge >= 0.3 is 12.0 Å². The van der Waals surface area contributed by atoms with Gasteiger partial charge < -0.3 is 40.3 Å². The van der Waals surface area contributed by atoms with Crippen LogP contribution in [-0.2, 0) is 14.4 Å². The van der Waals surface area contributed by atoms with Crippen LogP contribution in [0.15, 0.2) is 42.3 Å². The molecule has 2 aliphatic heterocycles. The standard InChI is InChI=1S/C32H37N7O7S/c1-6-17-12-32(17,29(42)43)37-27(40)25-10-19(13-39(25)28(41)23-14-38(4)31(44)36-23)46-26-11-22(24-15-47-30(35-24)33-16(2)3)34-21-9-18(45-5)7-8-20(21)26/h6-9,11,15-17,19,23,25H,1,10,12-14H2,2-5H3,(H,33,35)(H,36,44)(H,37,40)(H,42,43)/t17-,19-,23+,25+,32-/m1/s1. The molecule has 3 aromatic rings. The number of aromatic nitrogens is 2. The first-order valence-corrected chi connectivity index (χ1v) is 16.2. The van der Waals surface area contributed by atoms with Gasteiger partial charge in [-0.2, -0.15) is 0 Å². The second kappa shape index (κ2) is 12.4. The molecule has 248 valence electrons. The number of aliphatic carboxylic acids is 1. The third-order valence-corrected chi connectivity index (χ3v) is 9.50. The van der Waals surface area contributed by atoms with Gasteiger partial charge in [0.15, 0.2) is 5.13 Å². The van der Waals surface area contributed by atoms with Gasteiger partial charge in [-0.15, -0.1) is 17.9 Å². The number of anilines is 1. The largest absolute Gasteiger partial charge is 0.497 e. The average Bonchev–Trinajstić information content (AvgIpc) is 3.31. The zero-order chi connectivity index (χ0) is 33.6. The molecule has 15 heteroatoms. The summed E-state index contributed by atoms with van der Waals surface area (Å²) in [4.78, 5) is 64.1. The number of thiazole rings is 1. The van der Waals surface area contributed by atoms with Gasteiger partial charge in [0.05, 0.1) is 31.4 Å². The Bertz CT molecular complexity index is 1760. The second-order valence-corrected chi connectivity index (χ2v) is 13.3. The maximum atomic E-state index is 13.8. The summed E-state index contributed by atoms with van der Waals surface area (Å²) in [6.07, 6.45) is 1.17. The van der Waals surface area contributed by atoms with Crippen LogP contribution in [0.4, 0.5) is 9.93 Å². The number of fused-ring (bicyclic) bond motifs is 1. The minimum Gasteiger partial charge on any atom is -0.497 e. The van der Waals surface area contributed by atoms with Crippen LogP contribution >= 0.6 is 11.3 Å². The fourth-order valence-electron chi connectivity index (χ4n) is 6.11. The third kappa shape index (κ3) is 6.14. The summed E-state index contributed by atoms with van der Waals surface area (Å²) in [6.45, 7) is 7.91. The molecular weight excluding hydrogens is 626 g/mol. The van der Waals surface area contributed by atoms with E-state index >= 15 is 0 Å². The maximum absolute atomic E-state index is 13.8. The number of hydrogen-bond acceptors (Lipinski definition) is 10. The van der Waals surface area contributed by atoms with Crippen LogP contribution < -0.4 is 25.4 Å². The molecule has 4 N–H and O–H groups in total. The van der Waals surface area contributed by atoms with Crippen molar-refractivity contribution in [3.05, 3.63) is 42.3 Å². The fourth-order valence-corrected chi connectivity index (χ4v) is 6.96. The number of carbonyl (C=O) groups excluding carboxylic acids is 3. The summed E-state index contributed by atoms with van der Waals surface area (Å²) >= 11 is 1.46. The first-order valence-electron chi connectivity index (χ1n) is 15.3. The van der Waals surface area contributed by atoms with Gasteiger partial charge in [0.2, 0.25) is 11.8 Å².